The van der Waals surface area contributed by atoms with Gasteiger partial charge in [-0.05, 0) is 50.0 Å². The zero-order valence-corrected chi connectivity index (χ0v) is 17.3. The van der Waals surface area contributed by atoms with Crippen molar-refractivity contribution in [3.8, 4) is 11.5 Å². The second-order valence-electron chi connectivity index (χ2n) is 8.67. The Kier molecular flexibility index (Phi) is 4.88. The Bertz CT molecular complexity index is 974. The minimum atomic E-state index is -0.768. The highest BCUT2D eigenvalue weighted by atomic mass is 16.5. The van der Waals surface area contributed by atoms with Crippen LogP contribution in [0.15, 0.2) is 54.6 Å². The largest absolute Gasteiger partial charge is 0.485 e. The van der Waals surface area contributed by atoms with E-state index in [0.29, 0.717) is 24.1 Å². The highest BCUT2D eigenvalue weighted by Crippen LogP contribution is 2.53. The molecule has 0 amide bonds. The van der Waals surface area contributed by atoms with E-state index in [1.165, 1.54) is 11.8 Å². The second kappa shape index (κ2) is 7.56. The van der Waals surface area contributed by atoms with Crippen LogP contribution in [0.2, 0.25) is 0 Å². The summed E-state index contributed by atoms with van der Waals surface area (Å²) >= 11 is 0. The highest BCUT2D eigenvalue weighted by Gasteiger charge is 2.53. The number of aliphatic hydroxyl groups excluding tert-OH is 1. The van der Waals surface area contributed by atoms with Gasteiger partial charge in [-0.3, -0.25) is 0 Å². The minimum Gasteiger partial charge on any atom is -0.485 e. The molecule has 2 aromatic rings. The van der Waals surface area contributed by atoms with E-state index in [0.717, 1.165) is 36.9 Å². The first-order chi connectivity index (χ1) is 14.6. The number of ether oxygens (including phenoxy) is 2. The monoisotopic (exact) mass is 404 g/mol. The third-order valence-corrected chi connectivity index (χ3v) is 6.93. The summed E-state index contributed by atoms with van der Waals surface area (Å²) in [5.74, 6) is 1.39. The maximum atomic E-state index is 11.0. The van der Waals surface area contributed by atoms with Gasteiger partial charge in [-0.2, -0.15) is 0 Å². The van der Waals surface area contributed by atoms with E-state index in [-0.39, 0.29) is 0 Å². The summed E-state index contributed by atoms with van der Waals surface area (Å²) in [4.78, 5) is 2.38. The summed E-state index contributed by atoms with van der Waals surface area (Å²) in [6.45, 7) is 1.31. The molecule has 4 bridgehead atoms. The zero-order chi connectivity index (χ0) is 20.7. The van der Waals surface area contributed by atoms with E-state index in [1.54, 1.807) is 0 Å². The van der Waals surface area contributed by atoms with Crippen LogP contribution in [0.3, 0.4) is 0 Å². The van der Waals surface area contributed by atoms with Crippen molar-refractivity contribution < 1.29 is 14.6 Å². The molecule has 4 atom stereocenters. The van der Waals surface area contributed by atoms with Crippen LogP contribution in [-0.4, -0.2) is 48.1 Å². The molecule has 30 heavy (non-hydrogen) atoms. The Balaban J connectivity index is 1.62. The van der Waals surface area contributed by atoms with E-state index >= 15 is 0 Å². The van der Waals surface area contributed by atoms with E-state index in [9.17, 15) is 5.11 Å². The molecule has 0 saturated heterocycles. The molecule has 0 radical (unpaired) electrons. The highest BCUT2D eigenvalue weighted by molar-refractivity contribution is 5.79. The fourth-order valence-electron chi connectivity index (χ4n) is 5.19. The second-order valence-corrected chi connectivity index (χ2v) is 8.67. The maximum Gasteiger partial charge on any atom is 0.166 e. The number of benzene rings is 2. The molecule has 156 valence electrons. The smallest absolute Gasteiger partial charge is 0.166 e. The van der Waals surface area contributed by atoms with Crippen molar-refractivity contribution in [2.24, 2.45) is 0 Å². The standard InChI is InChI=1S/C25H28N2O3/c1-27-13-12-25(16-26)22-18-10-11-21(29-15-17-6-3-2-4-7-17)23(22)30-24(25)20(28)9-5-8-19(27)14-18/h2-7,9-11,16,19-20,24,26,28H,8,12-15H2,1H3/b9-5-,26-16?/t19-,20-,24-,25-/m0/s1. The van der Waals surface area contributed by atoms with Gasteiger partial charge in [-0.15, -0.1) is 0 Å². The Morgan fingerprint density at radius 3 is 2.90 bits per heavy atom. The minimum absolute atomic E-state index is 0.356. The topological polar surface area (TPSA) is 65.8 Å². The molecule has 0 aromatic heterocycles. The fourth-order valence-corrected chi connectivity index (χ4v) is 5.19. The van der Waals surface area contributed by atoms with Crippen LogP contribution in [0.25, 0.3) is 0 Å². The zero-order valence-electron chi connectivity index (χ0n) is 17.3. The molecule has 5 heteroatoms. The lowest BCUT2D eigenvalue weighted by molar-refractivity contribution is 0.0430. The molecular formula is C25H28N2O3. The van der Waals surface area contributed by atoms with Crippen LogP contribution < -0.4 is 9.47 Å². The van der Waals surface area contributed by atoms with Gasteiger partial charge in [0.05, 0.1) is 5.41 Å². The van der Waals surface area contributed by atoms with Crippen molar-refractivity contribution >= 4 is 6.21 Å². The Hall–Kier alpha value is -2.63. The summed E-state index contributed by atoms with van der Waals surface area (Å²) in [5, 5.41) is 19.4. The molecule has 0 fully saturated rings. The van der Waals surface area contributed by atoms with Crippen LogP contribution in [0.4, 0.5) is 0 Å². The van der Waals surface area contributed by atoms with E-state index in [1.807, 2.05) is 42.5 Å². The van der Waals surface area contributed by atoms with Gasteiger partial charge < -0.3 is 24.9 Å². The van der Waals surface area contributed by atoms with Gasteiger partial charge in [0.25, 0.3) is 0 Å². The molecule has 6 rings (SSSR count). The number of rotatable bonds is 4. The van der Waals surface area contributed by atoms with Crippen molar-refractivity contribution in [1.29, 1.82) is 5.41 Å². The number of likely N-dealkylation sites (N-methyl/N-ethyl adjacent to an activating group) is 1. The number of aliphatic hydroxyl groups is 1. The van der Waals surface area contributed by atoms with Crippen LogP contribution in [0.5, 0.6) is 11.5 Å². The average Bonchev–Trinajstić information content (AvgIpc) is 3.11. The number of nitrogens with zero attached hydrogens (tertiary/aromatic N) is 1. The Morgan fingerprint density at radius 2 is 2.10 bits per heavy atom. The van der Waals surface area contributed by atoms with Gasteiger partial charge in [0, 0.05) is 17.8 Å². The van der Waals surface area contributed by atoms with Crippen molar-refractivity contribution in [3.63, 3.8) is 0 Å². The third kappa shape index (κ3) is 3.04. The van der Waals surface area contributed by atoms with Crippen molar-refractivity contribution in [1.82, 2.24) is 4.90 Å². The average molecular weight is 405 g/mol. The molecular weight excluding hydrogens is 376 g/mol. The molecule has 5 nitrogen and oxygen atoms in total. The van der Waals surface area contributed by atoms with Gasteiger partial charge in [0.1, 0.15) is 18.8 Å². The van der Waals surface area contributed by atoms with Crippen molar-refractivity contribution in [2.75, 3.05) is 13.6 Å². The first kappa shape index (κ1) is 19.3. The fraction of sp³-hybridized carbons (Fsp3) is 0.400. The predicted molar refractivity (Wildman–Crippen MR) is 117 cm³/mol. The van der Waals surface area contributed by atoms with E-state index in [4.69, 9.17) is 14.9 Å². The van der Waals surface area contributed by atoms with Gasteiger partial charge in [-0.1, -0.05) is 48.6 Å². The van der Waals surface area contributed by atoms with Gasteiger partial charge in [0.15, 0.2) is 11.5 Å². The summed E-state index contributed by atoms with van der Waals surface area (Å²) in [6.07, 6.45) is 6.63. The summed E-state index contributed by atoms with van der Waals surface area (Å²) in [6, 6.07) is 14.5. The lowest BCUT2D eigenvalue weighted by Gasteiger charge is -2.40. The van der Waals surface area contributed by atoms with Gasteiger partial charge >= 0.3 is 0 Å². The number of nitrogens with one attached hydrogen (secondary N) is 1. The number of hydrogen-bond donors (Lipinski definition) is 2. The molecule has 1 aliphatic carbocycles. The number of fused-ring (bicyclic) bond motifs is 4. The van der Waals surface area contributed by atoms with Crippen molar-refractivity contribution in [2.45, 2.75) is 49.5 Å². The normalized spacial score (nSPS) is 30.9. The summed E-state index contributed by atoms with van der Waals surface area (Å²) in [7, 11) is 2.16. The first-order valence-corrected chi connectivity index (χ1v) is 10.7. The molecule has 4 aliphatic rings. The lowest BCUT2D eigenvalue weighted by Crippen LogP contribution is -2.51. The van der Waals surface area contributed by atoms with Crippen molar-refractivity contribution in [3.05, 3.63) is 71.3 Å². The van der Waals surface area contributed by atoms with E-state index in [2.05, 4.69) is 24.1 Å². The van der Waals surface area contributed by atoms with Crippen LogP contribution >= 0.6 is 0 Å². The molecule has 3 aliphatic heterocycles. The maximum absolute atomic E-state index is 11.0. The molecule has 2 N–H and O–H groups in total. The van der Waals surface area contributed by atoms with Crippen LogP contribution in [0.1, 0.15) is 29.5 Å². The quantitative estimate of drug-likeness (QED) is 0.605. The van der Waals surface area contributed by atoms with Crippen LogP contribution in [0, 0.1) is 5.41 Å². The van der Waals surface area contributed by atoms with E-state index < -0.39 is 17.6 Å². The Labute approximate surface area is 177 Å². The SMILES string of the molecule is CN1CC[C@]2(C=N)c3c4ccc(OCc5ccccc5)c3O[C@H]2[C@@H](O)/C=C\C[C@H]1C4. The summed E-state index contributed by atoms with van der Waals surface area (Å²) in [5.41, 5.74) is 2.67. The summed E-state index contributed by atoms with van der Waals surface area (Å²) < 4.78 is 12.6. The van der Waals surface area contributed by atoms with Crippen LogP contribution in [-0.2, 0) is 18.4 Å². The van der Waals surface area contributed by atoms with Gasteiger partial charge in [0.2, 0.25) is 0 Å². The molecule has 0 saturated carbocycles. The first-order valence-electron chi connectivity index (χ1n) is 10.7. The Morgan fingerprint density at radius 1 is 1.27 bits per heavy atom. The third-order valence-electron chi connectivity index (χ3n) is 6.93. The molecule has 3 heterocycles. The molecule has 0 unspecified atom stereocenters. The lowest BCUT2D eigenvalue weighted by atomic mass is 9.69. The predicted octanol–water partition coefficient (Wildman–Crippen LogP) is 3.48. The number of hydrogen-bond acceptors (Lipinski definition) is 5. The molecule has 0 spiro atoms. The van der Waals surface area contributed by atoms with Gasteiger partial charge in [-0.25, -0.2) is 0 Å². The molecule has 2 aromatic carbocycles.